The van der Waals surface area contributed by atoms with Gasteiger partial charge < -0.3 is 5.73 Å². The van der Waals surface area contributed by atoms with E-state index in [1.54, 1.807) is 6.92 Å². The van der Waals surface area contributed by atoms with E-state index in [9.17, 15) is 12.8 Å². The van der Waals surface area contributed by atoms with Gasteiger partial charge in [-0.15, -0.1) is 12.4 Å². The van der Waals surface area contributed by atoms with Crippen molar-refractivity contribution in [3.05, 3.63) is 29.6 Å². The highest BCUT2D eigenvalue weighted by Gasteiger charge is 2.35. The molecule has 1 aliphatic heterocycles. The van der Waals surface area contributed by atoms with Gasteiger partial charge in [-0.05, 0) is 30.5 Å². The number of benzene rings is 1. The van der Waals surface area contributed by atoms with Crippen LogP contribution in [0.4, 0.5) is 4.39 Å². The molecule has 1 aromatic rings. The van der Waals surface area contributed by atoms with Gasteiger partial charge in [0.1, 0.15) is 5.82 Å². The maximum Gasteiger partial charge on any atom is 0.243 e. The normalized spacial score (nSPS) is 24.2. The van der Waals surface area contributed by atoms with Crippen molar-refractivity contribution in [2.75, 3.05) is 13.1 Å². The predicted molar refractivity (Wildman–Crippen MR) is 74.3 cm³/mol. The Balaban J connectivity index is 0.00000180. The third-order valence-corrected chi connectivity index (χ3v) is 5.25. The fraction of sp³-hybridized carbons (Fsp3) is 0.500. The Morgan fingerprint density at radius 2 is 2.00 bits per heavy atom. The van der Waals surface area contributed by atoms with Gasteiger partial charge in [0.15, 0.2) is 0 Å². The van der Waals surface area contributed by atoms with E-state index >= 15 is 0 Å². The summed E-state index contributed by atoms with van der Waals surface area (Å²) < 4.78 is 39.4. The molecule has 19 heavy (non-hydrogen) atoms. The van der Waals surface area contributed by atoms with Crippen molar-refractivity contribution in [1.82, 2.24) is 4.31 Å². The van der Waals surface area contributed by atoms with Crippen molar-refractivity contribution >= 4 is 22.4 Å². The van der Waals surface area contributed by atoms with Crippen molar-refractivity contribution in [2.24, 2.45) is 11.7 Å². The van der Waals surface area contributed by atoms with Crippen LogP contribution in [0.25, 0.3) is 0 Å². The summed E-state index contributed by atoms with van der Waals surface area (Å²) in [5.41, 5.74) is 6.25. The Hall–Kier alpha value is -0.690. The number of aryl methyl sites for hydroxylation is 1. The summed E-state index contributed by atoms with van der Waals surface area (Å²) in [4.78, 5) is -0.00750. The summed E-state index contributed by atoms with van der Waals surface area (Å²) in [7, 11) is -3.63. The van der Waals surface area contributed by atoms with E-state index in [1.807, 2.05) is 6.92 Å². The van der Waals surface area contributed by atoms with E-state index in [1.165, 1.54) is 16.4 Å². The Morgan fingerprint density at radius 3 is 2.47 bits per heavy atom. The molecular formula is C12H18ClFN2O2S. The molecule has 0 saturated carbocycles. The smallest absolute Gasteiger partial charge is 0.243 e. The second kappa shape index (κ2) is 5.75. The van der Waals surface area contributed by atoms with Gasteiger partial charge in [-0.3, -0.25) is 0 Å². The first-order chi connectivity index (χ1) is 8.32. The number of sulfonamides is 1. The Kier molecular flexibility index (Phi) is 4.95. The second-order valence-electron chi connectivity index (χ2n) is 4.87. The molecule has 0 amide bonds. The summed E-state index contributed by atoms with van der Waals surface area (Å²) >= 11 is 0. The van der Waals surface area contributed by atoms with Crippen LogP contribution in [0.1, 0.15) is 12.5 Å². The van der Waals surface area contributed by atoms with Crippen molar-refractivity contribution in [1.29, 1.82) is 0 Å². The molecule has 1 aliphatic rings. The molecule has 4 nitrogen and oxygen atoms in total. The van der Waals surface area contributed by atoms with Crippen molar-refractivity contribution in [3.8, 4) is 0 Å². The summed E-state index contributed by atoms with van der Waals surface area (Å²) in [6.45, 7) is 4.19. The summed E-state index contributed by atoms with van der Waals surface area (Å²) in [6.07, 6.45) is 0. The van der Waals surface area contributed by atoms with E-state index in [4.69, 9.17) is 5.73 Å². The Morgan fingerprint density at radius 1 is 1.37 bits per heavy atom. The molecule has 2 rings (SSSR count). The number of nitrogens with zero attached hydrogens (tertiary/aromatic N) is 1. The molecule has 1 saturated heterocycles. The van der Waals surface area contributed by atoms with Crippen LogP contribution in [0.5, 0.6) is 0 Å². The van der Waals surface area contributed by atoms with Gasteiger partial charge in [0.05, 0.1) is 4.90 Å². The van der Waals surface area contributed by atoms with E-state index in [0.717, 1.165) is 6.07 Å². The molecule has 1 heterocycles. The average Bonchev–Trinajstić information content (AvgIpc) is 2.64. The van der Waals surface area contributed by atoms with Gasteiger partial charge in [0.2, 0.25) is 10.0 Å². The zero-order valence-electron chi connectivity index (χ0n) is 10.8. The molecule has 7 heteroatoms. The standard InChI is InChI=1S/C12H17FN2O2S.ClH/c1-8-3-4-10(5-11(8)13)18(16,17)15-6-9(2)12(14)7-15;/h3-5,9,12H,6-7,14H2,1-2H3;1H. The summed E-state index contributed by atoms with van der Waals surface area (Å²) in [5.74, 6) is -0.386. The lowest BCUT2D eigenvalue weighted by Crippen LogP contribution is -2.32. The highest BCUT2D eigenvalue weighted by molar-refractivity contribution is 7.89. The first kappa shape index (κ1) is 16.4. The summed E-state index contributed by atoms with van der Waals surface area (Å²) in [6, 6.07) is 3.82. The maximum atomic E-state index is 13.4. The van der Waals surface area contributed by atoms with Crippen LogP contribution in [0.15, 0.2) is 23.1 Å². The van der Waals surface area contributed by atoms with E-state index in [-0.39, 0.29) is 29.3 Å². The van der Waals surface area contributed by atoms with Crippen molar-refractivity contribution in [2.45, 2.75) is 24.8 Å². The minimum absolute atomic E-state index is 0. The minimum Gasteiger partial charge on any atom is -0.326 e. The lowest BCUT2D eigenvalue weighted by molar-refractivity contribution is 0.463. The number of nitrogens with two attached hydrogens (primary N) is 1. The quantitative estimate of drug-likeness (QED) is 0.901. The molecule has 2 unspecified atom stereocenters. The second-order valence-corrected chi connectivity index (χ2v) is 6.81. The van der Waals surface area contributed by atoms with Gasteiger partial charge in [-0.25, -0.2) is 12.8 Å². The van der Waals surface area contributed by atoms with Crippen molar-refractivity contribution in [3.63, 3.8) is 0 Å². The lowest BCUT2D eigenvalue weighted by atomic mass is 10.1. The summed E-state index contributed by atoms with van der Waals surface area (Å²) in [5, 5.41) is 0. The highest BCUT2D eigenvalue weighted by Crippen LogP contribution is 2.24. The predicted octanol–water partition coefficient (Wildman–Crippen LogP) is 1.52. The van der Waals surface area contributed by atoms with Crippen LogP contribution in [-0.2, 0) is 10.0 Å². The monoisotopic (exact) mass is 308 g/mol. The molecule has 1 aromatic carbocycles. The van der Waals surface area contributed by atoms with Crippen LogP contribution in [-0.4, -0.2) is 31.9 Å². The van der Waals surface area contributed by atoms with Crippen LogP contribution in [0, 0.1) is 18.7 Å². The van der Waals surface area contributed by atoms with Crippen LogP contribution < -0.4 is 5.73 Å². The number of hydrogen-bond donors (Lipinski definition) is 1. The van der Waals surface area contributed by atoms with Crippen LogP contribution >= 0.6 is 12.4 Å². The molecule has 0 spiro atoms. The molecule has 2 N–H and O–H groups in total. The SMILES string of the molecule is Cc1ccc(S(=O)(=O)N2CC(C)C(N)C2)cc1F.Cl. The molecule has 1 fully saturated rings. The molecule has 0 aromatic heterocycles. The van der Waals surface area contributed by atoms with Gasteiger partial charge in [0.25, 0.3) is 0 Å². The van der Waals surface area contributed by atoms with E-state index < -0.39 is 15.8 Å². The highest BCUT2D eigenvalue weighted by atomic mass is 35.5. The number of rotatable bonds is 2. The van der Waals surface area contributed by atoms with Gasteiger partial charge >= 0.3 is 0 Å². The average molecular weight is 309 g/mol. The third kappa shape index (κ3) is 3.08. The zero-order chi connectivity index (χ0) is 13.5. The first-order valence-electron chi connectivity index (χ1n) is 5.84. The molecule has 108 valence electrons. The van der Waals surface area contributed by atoms with Gasteiger partial charge in [0, 0.05) is 19.1 Å². The lowest BCUT2D eigenvalue weighted by Gasteiger charge is -2.16. The van der Waals surface area contributed by atoms with Crippen LogP contribution in [0.2, 0.25) is 0 Å². The minimum atomic E-state index is -3.63. The van der Waals surface area contributed by atoms with Crippen LogP contribution in [0.3, 0.4) is 0 Å². The van der Waals surface area contributed by atoms with E-state index in [2.05, 4.69) is 0 Å². The van der Waals surface area contributed by atoms with E-state index in [0.29, 0.717) is 18.7 Å². The molecule has 0 aliphatic carbocycles. The Bertz CT molecular complexity index is 555. The van der Waals surface area contributed by atoms with Gasteiger partial charge in [-0.2, -0.15) is 4.31 Å². The fourth-order valence-corrected chi connectivity index (χ4v) is 3.62. The maximum absolute atomic E-state index is 13.4. The molecular weight excluding hydrogens is 291 g/mol. The Labute approximate surface area is 119 Å². The zero-order valence-corrected chi connectivity index (χ0v) is 12.5. The molecule has 0 radical (unpaired) electrons. The number of halogens is 2. The number of hydrogen-bond acceptors (Lipinski definition) is 3. The fourth-order valence-electron chi connectivity index (χ4n) is 2.03. The largest absolute Gasteiger partial charge is 0.326 e. The van der Waals surface area contributed by atoms with Crippen molar-refractivity contribution < 1.29 is 12.8 Å². The van der Waals surface area contributed by atoms with Gasteiger partial charge in [-0.1, -0.05) is 13.0 Å². The third-order valence-electron chi connectivity index (χ3n) is 3.42. The molecule has 2 atom stereocenters. The first-order valence-corrected chi connectivity index (χ1v) is 7.28. The topological polar surface area (TPSA) is 63.4 Å². The molecule has 0 bridgehead atoms.